The van der Waals surface area contributed by atoms with Crippen molar-refractivity contribution in [2.24, 2.45) is 0 Å². The first-order valence-corrected chi connectivity index (χ1v) is 6.09. The fraction of sp³-hybridized carbons (Fsp3) is 0.125. The molecule has 0 bridgehead atoms. The molecular weight excluding hydrogens is 252 g/mol. The van der Waals surface area contributed by atoms with Crippen molar-refractivity contribution < 1.29 is 9.47 Å². The lowest BCUT2D eigenvalue weighted by atomic mass is 10.0. The molecule has 0 radical (unpaired) electrons. The largest absolute Gasteiger partial charge is 0.392 e. The summed E-state index contributed by atoms with van der Waals surface area (Å²) >= 11 is 0. The number of nitriles is 2. The maximum absolute atomic E-state index is 8.49. The van der Waals surface area contributed by atoms with Crippen LogP contribution in [0.15, 0.2) is 59.9 Å². The minimum Gasteiger partial charge on any atom is -0.392 e. The lowest BCUT2D eigenvalue weighted by Gasteiger charge is -2.02. The van der Waals surface area contributed by atoms with Gasteiger partial charge in [0.05, 0.1) is 0 Å². The maximum atomic E-state index is 8.49. The van der Waals surface area contributed by atoms with Gasteiger partial charge in [-0.05, 0) is 35.8 Å². The molecule has 20 heavy (non-hydrogen) atoms. The molecule has 0 unspecified atom stereocenters. The lowest BCUT2D eigenvalue weighted by molar-refractivity contribution is 0.367. The van der Waals surface area contributed by atoms with E-state index in [2.05, 4.69) is 0 Å². The van der Waals surface area contributed by atoms with Gasteiger partial charge in [-0.1, -0.05) is 30.4 Å². The molecule has 2 rings (SSSR count). The van der Waals surface area contributed by atoms with Gasteiger partial charge in [-0.2, -0.15) is 0 Å². The first-order valence-electron chi connectivity index (χ1n) is 6.09. The number of ether oxygens (including phenoxy) is 2. The van der Waals surface area contributed by atoms with Crippen LogP contribution in [0.2, 0.25) is 0 Å². The Morgan fingerprint density at radius 2 is 1.75 bits per heavy atom. The van der Waals surface area contributed by atoms with Crippen molar-refractivity contribution >= 4 is 0 Å². The summed E-state index contributed by atoms with van der Waals surface area (Å²) < 4.78 is 9.56. The molecule has 0 saturated carbocycles. The minimum absolute atomic E-state index is 0.534. The van der Waals surface area contributed by atoms with E-state index in [0.717, 1.165) is 17.6 Å². The van der Waals surface area contributed by atoms with Gasteiger partial charge in [0.1, 0.15) is 11.5 Å². The fourth-order valence-corrected chi connectivity index (χ4v) is 1.87. The molecule has 4 nitrogen and oxygen atoms in total. The molecule has 0 spiro atoms. The molecule has 0 N–H and O–H groups in total. The highest BCUT2D eigenvalue weighted by Gasteiger charge is 2.02. The summed E-state index contributed by atoms with van der Waals surface area (Å²) in [5, 5.41) is 16.9. The van der Waals surface area contributed by atoms with Crippen LogP contribution in [-0.4, -0.2) is 0 Å². The van der Waals surface area contributed by atoms with Gasteiger partial charge in [-0.3, -0.25) is 0 Å². The van der Waals surface area contributed by atoms with Crippen molar-refractivity contribution in [3.8, 4) is 18.3 Å². The highest BCUT2D eigenvalue weighted by atomic mass is 16.5. The SMILES string of the molecule is N#COC1=CC=C(Cc2ccc(OC#N)cc2)C=CC1. The summed E-state index contributed by atoms with van der Waals surface area (Å²) in [5.74, 6) is 1.17. The summed E-state index contributed by atoms with van der Waals surface area (Å²) in [4.78, 5) is 0. The molecule has 0 atom stereocenters. The van der Waals surface area contributed by atoms with E-state index in [0.29, 0.717) is 17.9 Å². The molecule has 0 fully saturated rings. The van der Waals surface area contributed by atoms with E-state index in [-0.39, 0.29) is 0 Å². The second-order valence-electron chi connectivity index (χ2n) is 4.19. The number of hydrogen-bond donors (Lipinski definition) is 0. The number of nitrogens with zero attached hydrogens (tertiary/aromatic N) is 2. The van der Waals surface area contributed by atoms with Gasteiger partial charge < -0.3 is 9.47 Å². The van der Waals surface area contributed by atoms with E-state index in [1.54, 1.807) is 24.6 Å². The predicted octanol–water partition coefficient (Wildman–Crippen LogP) is 3.36. The third-order valence-electron chi connectivity index (χ3n) is 2.81. The molecule has 1 aromatic rings. The van der Waals surface area contributed by atoms with Crippen molar-refractivity contribution in [2.45, 2.75) is 12.8 Å². The zero-order valence-electron chi connectivity index (χ0n) is 10.7. The molecule has 0 heterocycles. The second kappa shape index (κ2) is 6.82. The molecule has 0 aliphatic heterocycles. The Hall–Kier alpha value is -2.98. The molecule has 1 aliphatic rings. The lowest BCUT2D eigenvalue weighted by Crippen LogP contribution is -1.88. The van der Waals surface area contributed by atoms with Crippen LogP contribution in [0.4, 0.5) is 0 Å². The van der Waals surface area contributed by atoms with Gasteiger partial charge in [0.15, 0.2) is 0 Å². The highest BCUT2D eigenvalue weighted by Crippen LogP contribution is 2.18. The van der Waals surface area contributed by atoms with Gasteiger partial charge in [0.2, 0.25) is 0 Å². The minimum atomic E-state index is 0.534. The smallest absolute Gasteiger partial charge is 0.292 e. The Labute approximate surface area is 117 Å². The number of rotatable bonds is 4. The monoisotopic (exact) mass is 264 g/mol. The number of hydrogen-bond acceptors (Lipinski definition) is 4. The van der Waals surface area contributed by atoms with Crippen LogP contribution in [0.3, 0.4) is 0 Å². The summed E-state index contributed by atoms with van der Waals surface area (Å²) in [7, 11) is 0. The Balaban J connectivity index is 2.06. The van der Waals surface area contributed by atoms with Crippen LogP contribution in [-0.2, 0) is 11.2 Å². The molecule has 0 saturated heterocycles. The zero-order chi connectivity index (χ0) is 14.2. The van der Waals surface area contributed by atoms with Crippen LogP contribution in [0, 0.1) is 23.0 Å². The first-order chi connectivity index (χ1) is 9.81. The van der Waals surface area contributed by atoms with Crippen molar-refractivity contribution in [2.75, 3.05) is 0 Å². The third kappa shape index (κ3) is 3.76. The maximum Gasteiger partial charge on any atom is 0.292 e. The van der Waals surface area contributed by atoms with E-state index < -0.39 is 0 Å². The van der Waals surface area contributed by atoms with E-state index in [4.69, 9.17) is 20.0 Å². The van der Waals surface area contributed by atoms with E-state index in [1.807, 2.05) is 36.4 Å². The zero-order valence-corrected chi connectivity index (χ0v) is 10.7. The van der Waals surface area contributed by atoms with Gasteiger partial charge in [0.25, 0.3) is 12.5 Å². The standard InChI is InChI=1S/C16H12N2O2/c17-11-19-15-3-1-2-13(4-7-15)10-14-5-8-16(9-6-14)20-12-18/h1-2,4-9H,3,10H2. The van der Waals surface area contributed by atoms with Crippen LogP contribution < -0.4 is 4.74 Å². The molecule has 0 amide bonds. The quantitative estimate of drug-likeness (QED) is 0.782. The Bertz CT molecular complexity index is 641. The number of allylic oxidation sites excluding steroid dienone is 5. The average Bonchev–Trinajstić information content (AvgIpc) is 2.68. The summed E-state index contributed by atoms with van der Waals surface area (Å²) in [6.45, 7) is 0. The molecule has 1 aromatic carbocycles. The third-order valence-corrected chi connectivity index (χ3v) is 2.81. The summed E-state index contributed by atoms with van der Waals surface area (Å²) in [6.07, 6.45) is 12.4. The predicted molar refractivity (Wildman–Crippen MR) is 73.0 cm³/mol. The number of benzene rings is 1. The second-order valence-corrected chi connectivity index (χ2v) is 4.19. The summed E-state index contributed by atoms with van der Waals surface area (Å²) in [6, 6.07) is 7.37. The molecular formula is C16H12N2O2. The molecule has 4 heteroatoms. The van der Waals surface area contributed by atoms with Gasteiger partial charge in [-0.15, -0.1) is 10.5 Å². The normalized spacial score (nSPS) is 13.3. The molecule has 0 aromatic heterocycles. The fourth-order valence-electron chi connectivity index (χ4n) is 1.87. The summed E-state index contributed by atoms with van der Waals surface area (Å²) in [5.41, 5.74) is 2.24. The molecule has 98 valence electrons. The topological polar surface area (TPSA) is 66.0 Å². The molecule has 1 aliphatic carbocycles. The highest BCUT2D eigenvalue weighted by molar-refractivity contribution is 5.36. The van der Waals surface area contributed by atoms with Crippen LogP contribution in [0.5, 0.6) is 5.75 Å². The average molecular weight is 264 g/mol. The Kier molecular flexibility index (Phi) is 4.59. The van der Waals surface area contributed by atoms with Crippen LogP contribution >= 0.6 is 0 Å². The van der Waals surface area contributed by atoms with Gasteiger partial charge >= 0.3 is 0 Å². The first kappa shape index (κ1) is 13.5. The van der Waals surface area contributed by atoms with Crippen LogP contribution in [0.25, 0.3) is 0 Å². The Morgan fingerprint density at radius 1 is 1.00 bits per heavy atom. The van der Waals surface area contributed by atoms with Gasteiger partial charge in [-0.25, -0.2) is 0 Å². The van der Waals surface area contributed by atoms with E-state index >= 15 is 0 Å². The van der Waals surface area contributed by atoms with E-state index in [1.165, 1.54) is 0 Å². The van der Waals surface area contributed by atoms with Crippen molar-refractivity contribution in [3.05, 3.63) is 65.5 Å². The van der Waals surface area contributed by atoms with Gasteiger partial charge in [0, 0.05) is 6.42 Å². The van der Waals surface area contributed by atoms with E-state index in [9.17, 15) is 0 Å². The van der Waals surface area contributed by atoms with Crippen LogP contribution in [0.1, 0.15) is 12.0 Å². The van der Waals surface area contributed by atoms with Crippen molar-refractivity contribution in [1.29, 1.82) is 10.5 Å². The van der Waals surface area contributed by atoms with Crippen molar-refractivity contribution in [3.63, 3.8) is 0 Å². The Morgan fingerprint density at radius 3 is 2.45 bits per heavy atom. The van der Waals surface area contributed by atoms with Crippen molar-refractivity contribution in [1.82, 2.24) is 0 Å².